The zero-order valence-electron chi connectivity index (χ0n) is 17.7. The molecule has 27 heavy (non-hydrogen) atoms. The summed E-state index contributed by atoms with van der Waals surface area (Å²) in [6.45, 7) is 2.68. The van der Waals surface area contributed by atoms with Crippen LogP contribution in [0, 0.1) is 0 Å². The largest absolute Gasteiger partial charge is 0.461 e. The number of esters is 1. The van der Waals surface area contributed by atoms with Crippen molar-refractivity contribution in [3.63, 3.8) is 0 Å². The van der Waals surface area contributed by atoms with Crippen LogP contribution in [0.4, 0.5) is 0 Å². The summed E-state index contributed by atoms with van der Waals surface area (Å²) in [6, 6.07) is 9.89. The quantitative estimate of drug-likeness (QED) is 0.192. The SMILES string of the molecule is CCCCCCCCCCCCCCCCCC(=O)OCc1ccccc1. The third-order valence-corrected chi connectivity index (χ3v) is 5.23. The fraction of sp³-hybridized carbons (Fsp3) is 0.720. The van der Waals surface area contributed by atoms with Crippen molar-refractivity contribution < 1.29 is 9.53 Å². The third kappa shape index (κ3) is 15.4. The predicted octanol–water partition coefficient (Wildman–Crippen LogP) is 7.99. The van der Waals surface area contributed by atoms with Crippen molar-refractivity contribution in [2.45, 2.75) is 116 Å². The number of unbranched alkanes of at least 4 members (excludes halogenated alkanes) is 14. The Hall–Kier alpha value is -1.31. The molecule has 2 nitrogen and oxygen atoms in total. The molecule has 0 aliphatic rings. The predicted molar refractivity (Wildman–Crippen MR) is 116 cm³/mol. The van der Waals surface area contributed by atoms with Crippen LogP contribution in [-0.2, 0) is 16.1 Å². The van der Waals surface area contributed by atoms with Gasteiger partial charge in [-0.05, 0) is 12.0 Å². The van der Waals surface area contributed by atoms with Crippen molar-refractivity contribution in [3.05, 3.63) is 35.9 Å². The van der Waals surface area contributed by atoms with Crippen LogP contribution in [0.25, 0.3) is 0 Å². The molecule has 0 aliphatic heterocycles. The summed E-state index contributed by atoms with van der Waals surface area (Å²) in [6.07, 6.45) is 20.7. The zero-order chi connectivity index (χ0) is 19.4. The summed E-state index contributed by atoms with van der Waals surface area (Å²) in [7, 11) is 0. The minimum Gasteiger partial charge on any atom is -0.461 e. The minimum absolute atomic E-state index is 0.0615. The molecule has 154 valence electrons. The molecule has 0 aliphatic carbocycles. The lowest BCUT2D eigenvalue weighted by Crippen LogP contribution is -2.04. The number of carbonyl (C=O) groups excluding carboxylic acids is 1. The first-order valence-electron chi connectivity index (χ1n) is 11.5. The van der Waals surface area contributed by atoms with Crippen LogP contribution in [0.15, 0.2) is 30.3 Å². The lowest BCUT2D eigenvalue weighted by Gasteiger charge is -2.05. The van der Waals surface area contributed by atoms with Gasteiger partial charge < -0.3 is 4.74 Å². The molecule has 0 aromatic heterocycles. The zero-order valence-corrected chi connectivity index (χ0v) is 17.7. The van der Waals surface area contributed by atoms with E-state index in [0.29, 0.717) is 13.0 Å². The van der Waals surface area contributed by atoms with E-state index < -0.39 is 0 Å². The Labute approximate surface area is 168 Å². The first-order valence-corrected chi connectivity index (χ1v) is 11.5. The Bertz CT molecular complexity index is 441. The van der Waals surface area contributed by atoms with Crippen LogP contribution in [-0.4, -0.2) is 5.97 Å². The highest BCUT2D eigenvalue weighted by Crippen LogP contribution is 2.14. The van der Waals surface area contributed by atoms with Crippen LogP contribution in [0.2, 0.25) is 0 Å². The van der Waals surface area contributed by atoms with E-state index >= 15 is 0 Å². The second-order valence-corrected chi connectivity index (χ2v) is 7.85. The van der Waals surface area contributed by atoms with E-state index in [9.17, 15) is 4.79 Å². The molecule has 0 radical (unpaired) electrons. The van der Waals surface area contributed by atoms with Crippen LogP contribution >= 0.6 is 0 Å². The fourth-order valence-corrected chi connectivity index (χ4v) is 3.45. The van der Waals surface area contributed by atoms with E-state index in [2.05, 4.69) is 6.92 Å². The highest BCUT2D eigenvalue weighted by Gasteiger charge is 2.03. The van der Waals surface area contributed by atoms with Gasteiger partial charge in [-0.15, -0.1) is 0 Å². The number of benzene rings is 1. The van der Waals surface area contributed by atoms with Gasteiger partial charge in [-0.3, -0.25) is 4.79 Å². The maximum absolute atomic E-state index is 11.7. The Kier molecular flexibility index (Phi) is 15.9. The minimum atomic E-state index is -0.0615. The molecule has 0 N–H and O–H groups in total. The van der Waals surface area contributed by atoms with Crippen LogP contribution < -0.4 is 0 Å². The van der Waals surface area contributed by atoms with Gasteiger partial charge in [0.05, 0.1) is 0 Å². The Morgan fingerprint density at radius 1 is 0.667 bits per heavy atom. The Balaban J connectivity index is 1.77. The molecule has 0 spiro atoms. The van der Waals surface area contributed by atoms with Gasteiger partial charge in [0.25, 0.3) is 0 Å². The van der Waals surface area contributed by atoms with Gasteiger partial charge in [-0.25, -0.2) is 0 Å². The van der Waals surface area contributed by atoms with Crippen LogP contribution in [0.5, 0.6) is 0 Å². The van der Waals surface area contributed by atoms with Crippen molar-refractivity contribution in [1.82, 2.24) is 0 Å². The molecule has 1 aromatic carbocycles. The lowest BCUT2D eigenvalue weighted by molar-refractivity contribution is -0.145. The number of ether oxygens (including phenoxy) is 1. The van der Waals surface area contributed by atoms with Crippen molar-refractivity contribution in [3.8, 4) is 0 Å². The molecule has 0 amide bonds. The summed E-state index contributed by atoms with van der Waals surface area (Å²) >= 11 is 0. The molecule has 0 fully saturated rings. The maximum atomic E-state index is 11.7. The van der Waals surface area contributed by atoms with E-state index in [-0.39, 0.29) is 5.97 Å². The van der Waals surface area contributed by atoms with E-state index in [1.165, 1.54) is 83.5 Å². The summed E-state index contributed by atoms with van der Waals surface area (Å²) < 4.78 is 5.31. The van der Waals surface area contributed by atoms with Gasteiger partial charge in [0.1, 0.15) is 6.61 Å². The molecule has 1 rings (SSSR count). The van der Waals surface area contributed by atoms with Crippen molar-refractivity contribution in [2.75, 3.05) is 0 Å². The van der Waals surface area contributed by atoms with E-state index in [1.54, 1.807) is 0 Å². The molecule has 0 bridgehead atoms. The second-order valence-electron chi connectivity index (χ2n) is 7.85. The molecule has 0 saturated heterocycles. The Morgan fingerprint density at radius 3 is 1.59 bits per heavy atom. The Morgan fingerprint density at radius 2 is 1.11 bits per heavy atom. The van der Waals surface area contributed by atoms with Gasteiger partial charge >= 0.3 is 5.97 Å². The molecule has 0 saturated carbocycles. The standard InChI is InChI=1S/C25H42O2/c1-2-3-4-5-6-7-8-9-10-11-12-13-14-15-19-22-25(26)27-23-24-20-17-16-18-21-24/h16-18,20-21H,2-15,19,22-23H2,1H3. The summed E-state index contributed by atoms with van der Waals surface area (Å²) in [5, 5.41) is 0. The highest BCUT2D eigenvalue weighted by atomic mass is 16.5. The van der Waals surface area contributed by atoms with Crippen LogP contribution in [0.1, 0.15) is 115 Å². The molecule has 0 unspecified atom stereocenters. The number of carbonyl (C=O) groups is 1. The number of hydrogen-bond acceptors (Lipinski definition) is 2. The lowest BCUT2D eigenvalue weighted by atomic mass is 10.0. The molecule has 0 heterocycles. The monoisotopic (exact) mass is 374 g/mol. The van der Waals surface area contributed by atoms with Gasteiger partial charge in [0.15, 0.2) is 0 Å². The summed E-state index contributed by atoms with van der Waals surface area (Å²) in [4.78, 5) is 11.7. The van der Waals surface area contributed by atoms with Crippen LogP contribution in [0.3, 0.4) is 0 Å². The third-order valence-electron chi connectivity index (χ3n) is 5.23. The summed E-state index contributed by atoms with van der Waals surface area (Å²) in [5.41, 5.74) is 1.06. The molecule has 0 atom stereocenters. The molecule has 2 heteroatoms. The van der Waals surface area contributed by atoms with Crippen molar-refractivity contribution in [2.24, 2.45) is 0 Å². The summed E-state index contributed by atoms with van der Waals surface area (Å²) in [5.74, 6) is -0.0615. The maximum Gasteiger partial charge on any atom is 0.306 e. The molecular formula is C25H42O2. The fourth-order valence-electron chi connectivity index (χ4n) is 3.45. The average molecular weight is 375 g/mol. The first kappa shape index (κ1) is 23.7. The topological polar surface area (TPSA) is 26.3 Å². The molecule has 1 aromatic rings. The van der Waals surface area contributed by atoms with Gasteiger partial charge in [0.2, 0.25) is 0 Å². The first-order chi connectivity index (χ1) is 13.3. The van der Waals surface area contributed by atoms with Crippen molar-refractivity contribution in [1.29, 1.82) is 0 Å². The second kappa shape index (κ2) is 18.1. The van der Waals surface area contributed by atoms with E-state index in [4.69, 9.17) is 4.74 Å². The normalized spacial score (nSPS) is 10.9. The highest BCUT2D eigenvalue weighted by molar-refractivity contribution is 5.69. The van der Waals surface area contributed by atoms with Gasteiger partial charge in [-0.2, -0.15) is 0 Å². The van der Waals surface area contributed by atoms with Crippen molar-refractivity contribution >= 4 is 5.97 Å². The van der Waals surface area contributed by atoms with Gasteiger partial charge in [0, 0.05) is 6.42 Å². The molecular weight excluding hydrogens is 332 g/mol. The number of rotatable bonds is 18. The van der Waals surface area contributed by atoms with Gasteiger partial charge in [-0.1, -0.05) is 127 Å². The number of hydrogen-bond donors (Lipinski definition) is 0. The van der Waals surface area contributed by atoms with E-state index in [0.717, 1.165) is 18.4 Å². The smallest absolute Gasteiger partial charge is 0.306 e. The van der Waals surface area contributed by atoms with E-state index in [1.807, 2.05) is 30.3 Å². The average Bonchev–Trinajstić information content (AvgIpc) is 2.70.